The van der Waals surface area contributed by atoms with Gasteiger partial charge in [-0.05, 0) is 45.4 Å². The molecule has 0 atom stereocenters. The largest absolute Gasteiger partial charge is 0.503 e. The quantitative estimate of drug-likeness (QED) is 0.906. The molecule has 0 bridgehead atoms. The Labute approximate surface area is 118 Å². The van der Waals surface area contributed by atoms with E-state index in [9.17, 15) is 8.78 Å². The molecular weight excluding hydrogens is 264 g/mol. The third kappa shape index (κ3) is 3.46. The van der Waals surface area contributed by atoms with Crippen LogP contribution in [0.25, 0.3) is 0 Å². The van der Waals surface area contributed by atoms with Crippen LogP contribution >= 0.6 is 0 Å². The van der Waals surface area contributed by atoms with Crippen LogP contribution in [0.5, 0.6) is 5.75 Å². The summed E-state index contributed by atoms with van der Waals surface area (Å²) in [5, 5.41) is 9.12. The Hall–Kier alpha value is -1.20. The SMILES string of the molecule is CC1(C)CN(Cc2cc(F)c(O)c(F)c2)CC(C)(C)O1. The minimum Gasteiger partial charge on any atom is -0.503 e. The predicted molar refractivity (Wildman–Crippen MR) is 72.5 cm³/mol. The highest BCUT2D eigenvalue weighted by Crippen LogP contribution is 2.30. The second-order valence-electron chi connectivity index (χ2n) is 6.67. The number of hydrogen-bond acceptors (Lipinski definition) is 3. The zero-order valence-corrected chi connectivity index (χ0v) is 12.3. The lowest BCUT2D eigenvalue weighted by Gasteiger charge is -2.47. The number of halogens is 2. The van der Waals surface area contributed by atoms with Gasteiger partial charge in [0, 0.05) is 19.6 Å². The Morgan fingerprint density at radius 3 is 2.00 bits per heavy atom. The van der Waals surface area contributed by atoms with Gasteiger partial charge in [-0.3, -0.25) is 4.90 Å². The predicted octanol–water partition coefficient (Wildman–Crippen LogP) is 3.06. The van der Waals surface area contributed by atoms with E-state index in [1.165, 1.54) is 12.1 Å². The highest BCUT2D eigenvalue weighted by atomic mass is 19.1. The first-order valence-corrected chi connectivity index (χ1v) is 6.67. The van der Waals surface area contributed by atoms with Crippen molar-refractivity contribution in [1.82, 2.24) is 4.90 Å². The summed E-state index contributed by atoms with van der Waals surface area (Å²) in [5.41, 5.74) is -0.114. The van der Waals surface area contributed by atoms with Gasteiger partial charge in [-0.2, -0.15) is 0 Å². The minimum absolute atomic E-state index is 0.310. The van der Waals surface area contributed by atoms with Gasteiger partial charge in [0.1, 0.15) is 0 Å². The number of morpholine rings is 1. The molecule has 112 valence electrons. The molecular formula is C15H21F2NO2. The Bertz CT molecular complexity index is 476. The number of aromatic hydroxyl groups is 1. The third-order valence-electron chi connectivity index (χ3n) is 3.24. The van der Waals surface area contributed by atoms with E-state index in [0.29, 0.717) is 25.2 Å². The number of phenolic OH excluding ortho intramolecular Hbond substituents is 1. The molecule has 1 heterocycles. The fourth-order valence-corrected chi connectivity index (χ4v) is 3.02. The average Bonchev–Trinajstić information content (AvgIpc) is 2.21. The molecule has 0 aromatic heterocycles. The molecule has 0 amide bonds. The fourth-order valence-electron chi connectivity index (χ4n) is 3.02. The second kappa shape index (κ2) is 4.97. The van der Waals surface area contributed by atoms with Crippen molar-refractivity contribution in [2.75, 3.05) is 13.1 Å². The van der Waals surface area contributed by atoms with E-state index in [4.69, 9.17) is 9.84 Å². The van der Waals surface area contributed by atoms with Gasteiger partial charge >= 0.3 is 0 Å². The third-order valence-corrected chi connectivity index (χ3v) is 3.24. The summed E-state index contributed by atoms with van der Waals surface area (Å²) in [6.45, 7) is 9.78. The van der Waals surface area contributed by atoms with Gasteiger partial charge in [-0.1, -0.05) is 0 Å². The molecule has 0 saturated carbocycles. The molecule has 1 saturated heterocycles. The van der Waals surface area contributed by atoms with Crippen molar-refractivity contribution in [2.45, 2.75) is 45.4 Å². The van der Waals surface area contributed by atoms with E-state index >= 15 is 0 Å². The van der Waals surface area contributed by atoms with E-state index < -0.39 is 17.4 Å². The summed E-state index contributed by atoms with van der Waals surface area (Å²) < 4.78 is 32.7. The summed E-state index contributed by atoms with van der Waals surface area (Å²) >= 11 is 0. The van der Waals surface area contributed by atoms with Crippen LogP contribution in [0.15, 0.2) is 12.1 Å². The first kappa shape index (κ1) is 15.2. The number of hydrogen-bond donors (Lipinski definition) is 1. The molecule has 0 radical (unpaired) electrons. The van der Waals surface area contributed by atoms with Crippen molar-refractivity contribution in [1.29, 1.82) is 0 Å². The highest BCUT2D eigenvalue weighted by molar-refractivity contribution is 5.30. The van der Waals surface area contributed by atoms with Crippen molar-refractivity contribution in [3.63, 3.8) is 0 Å². The lowest BCUT2D eigenvalue weighted by atomic mass is 9.98. The van der Waals surface area contributed by atoms with Crippen molar-refractivity contribution < 1.29 is 18.6 Å². The maximum atomic E-state index is 13.4. The molecule has 3 nitrogen and oxygen atoms in total. The lowest BCUT2D eigenvalue weighted by molar-refractivity contribution is -0.182. The molecule has 0 spiro atoms. The van der Waals surface area contributed by atoms with Gasteiger partial charge in [-0.15, -0.1) is 0 Å². The maximum absolute atomic E-state index is 13.4. The van der Waals surface area contributed by atoms with E-state index in [-0.39, 0.29) is 11.2 Å². The van der Waals surface area contributed by atoms with Crippen molar-refractivity contribution >= 4 is 0 Å². The van der Waals surface area contributed by atoms with E-state index in [0.717, 1.165) is 0 Å². The smallest absolute Gasteiger partial charge is 0.187 e. The summed E-state index contributed by atoms with van der Waals surface area (Å²) in [7, 11) is 0. The Kier molecular flexibility index (Phi) is 3.77. The van der Waals surface area contributed by atoms with Crippen LogP contribution in [0.1, 0.15) is 33.3 Å². The summed E-state index contributed by atoms with van der Waals surface area (Å²) in [6, 6.07) is 2.35. The zero-order chi connectivity index (χ0) is 15.1. The van der Waals surface area contributed by atoms with E-state index in [1.807, 2.05) is 27.7 Å². The van der Waals surface area contributed by atoms with Gasteiger partial charge in [-0.25, -0.2) is 8.78 Å². The van der Waals surface area contributed by atoms with Crippen LogP contribution in [0.2, 0.25) is 0 Å². The Balaban J connectivity index is 2.17. The van der Waals surface area contributed by atoms with Crippen LogP contribution < -0.4 is 0 Å². The van der Waals surface area contributed by atoms with E-state index in [1.54, 1.807) is 0 Å². The molecule has 0 unspecified atom stereocenters. The van der Waals surface area contributed by atoms with Gasteiger partial charge < -0.3 is 9.84 Å². The Morgan fingerprint density at radius 2 is 1.55 bits per heavy atom. The molecule has 5 heteroatoms. The highest BCUT2D eigenvalue weighted by Gasteiger charge is 2.37. The number of benzene rings is 1. The van der Waals surface area contributed by atoms with Crippen LogP contribution in [0, 0.1) is 11.6 Å². The van der Waals surface area contributed by atoms with Crippen LogP contribution in [-0.2, 0) is 11.3 Å². The number of phenols is 1. The first-order valence-electron chi connectivity index (χ1n) is 6.67. The molecule has 1 N–H and O–H groups in total. The molecule has 1 fully saturated rings. The summed E-state index contributed by atoms with van der Waals surface area (Å²) in [5.74, 6) is -2.77. The van der Waals surface area contributed by atoms with Crippen molar-refractivity contribution in [3.8, 4) is 5.75 Å². The molecule has 1 aromatic rings. The average molecular weight is 285 g/mol. The van der Waals surface area contributed by atoms with Crippen LogP contribution in [-0.4, -0.2) is 34.3 Å². The van der Waals surface area contributed by atoms with Gasteiger partial charge in [0.25, 0.3) is 0 Å². The zero-order valence-electron chi connectivity index (χ0n) is 12.3. The second-order valence-corrected chi connectivity index (χ2v) is 6.67. The normalized spacial score (nSPS) is 21.9. The summed E-state index contributed by atoms with van der Waals surface area (Å²) in [6.07, 6.45) is 0. The van der Waals surface area contributed by atoms with Gasteiger partial charge in [0.05, 0.1) is 11.2 Å². The standard InChI is InChI=1S/C15H21F2NO2/c1-14(2)8-18(9-15(3,4)20-14)7-10-5-11(16)13(19)12(17)6-10/h5-6,19H,7-9H2,1-4H3. The molecule has 20 heavy (non-hydrogen) atoms. The molecule has 1 aliphatic rings. The molecule has 0 aliphatic carbocycles. The van der Waals surface area contributed by atoms with Crippen LogP contribution in [0.3, 0.4) is 0 Å². The first-order chi connectivity index (χ1) is 9.08. The van der Waals surface area contributed by atoms with Crippen molar-refractivity contribution in [2.24, 2.45) is 0 Å². The topological polar surface area (TPSA) is 32.7 Å². The minimum atomic E-state index is -0.924. The lowest BCUT2D eigenvalue weighted by Crippen LogP contribution is -2.56. The van der Waals surface area contributed by atoms with Crippen molar-refractivity contribution in [3.05, 3.63) is 29.3 Å². The molecule has 2 rings (SSSR count). The fraction of sp³-hybridized carbons (Fsp3) is 0.600. The number of rotatable bonds is 2. The molecule has 1 aromatic carbocycles. The number of nitrogens with zero attached hydrogens (tertiary/aromatic N) is 1. The number of ether oxygens (including phenoxy) is 1. The van der Waals surface area contributed by atoms with Gasteiger partial charge in [0.2, 0.25) is 0 Å². The maximum Gasteiger partial charge on any atom is 0.187 e. The van der Waals surface area contributed by atoms with E-state index in [2.05, 4.69) is 4.90 Å². The van der Waals surface area contributed by atoms with Crippen LogP contribution in [0.4, 0.5) is 8.78 Å². The molecule has 1 aliphatic heterocycles. The van der Waals surface area contributed by atoms with Gasteiger partial charge in [0.15, 0.2) is 17.4 Å². The monoisotopic (exact) mass is 285 g/mol. The summed E-state index contributed by atoms with van der Waals surface area (Å²) in [4.78, 5) is 2.11. The Morgan fingerprint density at radius 1 is 1.10 bits per heavy atom.